The second-order valence-electron chi connectivity index (χ2n) is 5.14. The van der Waals surface area contributed by atoms with E-state index in [1.54, 1.807) is 13.8 Å². The van der Waals surface area contributed by atoms with E-state index in [1.807, 2.05) is 24.3 Å². The predicted molar refractivity (Wildman–Crippen MR) is 86.5 cm³/mol. The summed E-state index contributed by atoms with van der Waals surface area (Å²) in [6.45, 7) is 9.69. The average molecular weight is 291 g/mol. The summed E-state index contributed by atoms with van der Waals surface area (Å²) in [5.41, 5.74) is 1.86. The summed E-state index contributed by atoms with van der Waals surface area (Å²) in [6.07, 6.45) is 0. The third-order valence-electron chi connectivity index (χ3n) is 3.23. The Morgan fingerprint density at radius 1 is 1.10 bits per heavy atom. The summed E-state index contributed by atoms with van der Waals surface area (Å²) in [5.74, 6) is -0.465. The van der Waals surface area contributed by atoms with Crippen molar-refractivity contribution >= 4 is 23.2 Å². The first-order chi connectivity index (χ1) is 9.97. The second-order valence-corrected chi connectivity index (χ2v) is 5.14. The van der Waals surface area contributed by atoms with Gasteiger partial charge >= 0.3 is 0 Å². The Hall–Kier alpha value is -2.04. The molecule has 2 amide bonds. The maximum absolute atomic E-state index is 11.7. The van der Waals surface area contributed by atoms with Crippen molar-refractivity contribution in [3.63, 3.8) is 0 Å². The number of nitrogens with one attached hydrogen (secondary N) is 2. The molecule has 0 aliphatic rings. The lowest BCUT2D eigenvalue weighted by Gasteiger charge is -2.21. The van der Waals surface area contributed by atoms with Crippen LogP contribution in [0.1, 0.15) is 27.7 Å². The first kappa shape index (κ1) is 17.0. The Morgan fingerprint density at radius 3 is 2.14 bits per heavy atom. The number of benzene rings is 1. The van der Waals surface area contributed by atoms with E-state index < -0.39 is 0 Å². The molecule has 0 radical (unpaired) electrons. The quantitative estimate of drug-likeness (QED) is 0.810. The zero-order valence-electron chi connectivity index (χ0n) is 13.3. The zero-order chi connectivity index (χ0) is 15.8. The molecular weight excluding hydrogens is 266 g/mol. The van der Waals surface area contributed by atoms with Crippen LogP contribution in [0.3, 0.4) is 0 Å². The average Bonchev–Trinajstić information content (AvgIpc) is 2.47. The van der Waals surface area contributed by atoms with Crippen molar-refractivity contribution in [2.45, 2.75) is 27.7 Å². The molecule has 1 aromatic carbocycles. The topological polar surface area (TPSA) is 61.4 Å². The number of hydrogen-bond donors (Lipinski definition) is 2. The van der Waals surface area contributed by atoms with Gasteiger partial charge in [0.25, 0.3) is 0 Å². The largest absolute Gasteiger partial charge is 0.372 e. The second kappa shape index (κ2) is 8.29. The highest BCUT2D eigenvalue weighted by molar-refractivity contribution is 5.94. The maximum atomic E-state index is 11.7. The first-order valence-corrected chi connectivity index (χ1v) is 7.40. The number of carbonyl (C=O) groups excluding carboxylic acids is 2. The van der Waals surface area contributed by atoms with Gasteiger partial charge < -0.3 is 15.5 Å². The molecule has 0 atom stereocenters. The number of nitrogens with zero attached hydrogens (tertiary/aromatic N) is 1. The SMILES string of the molecule is CCN(CC)c1ccc(NC(=O)CNC(=O)C(C)C)cc1. The van der Waals surface area contributed by atoms with E-state index in [0.29, 0.717) is 0 Å². The van der Waals surface area contributed by atoms with Crippen LogP contribution in [-0.2, 0) is 9.59 Å². The Labute approximate surface area is 126 Å². The van der Waals surface area contributed by atoms with Gasteiger partial charge in [0.15, 0.2) is 0 Å². The van der Waals surface area contributed by atoms with Crippen LogP contribution in [0, 0.1) is 5.92 Å². The fraction of sp³-hybridized carbons (Fsp3) is 0.500. The lowest BCUT2D eigenvalue weighted by atomic mass is 10.2. The Morgan fingerprint density at radius 2 is 1.67 bits per heavy atom. The van der Waals surface area contributed by atoms with E-state index in [-0.39, 0.29) is 24.3 Å². The minimum Gasteiger partial charge on any atom is -0.372 e. The molecule has 1 rings (SSSR count). The first-order valence-electron chi connectivity index (χ1n) is 7.40. The molecular formula is C16H25N3O2. The van der Waals surface area contributed by atoms with Gasteiger partial charge in [0.2, 0.25) is 11.8 Å². The van der Waals surface area contributed by atoms with Gasteiger partial charge in [-0.2, -0.15) is 0 Å². The summed E-state index contributed by atoms with van der Waals surface area (Å²) in [4.78, 5) is 25.4. The van der Waals surface area contributed by atoms with Gasteiger partial charge in [-0.25, -0.2) is 0 Å². The molecule has 2 N–H and O–H groups in total. The monoisotopic (exact) mass is 291 g/mol. The van der Waals surface area contributed by atoms with Crippen LogP contribution >= 0.6 is 0 Å². The van der Waals surface area contributed by atoms with Crippen LogP contribution in [0.2, 0.25) is 0 Å². The Balaban J connectivity index is 2.52. The van der Waals surface area contributed by atoms with Crippen LogP contribution in [0.15, 0.2) is 24.3 Å². The molecule has 0 saturated carbocycles. The molecule has 1 aromatic rings. The molecule has 5 nitrogen and oxygen atoms in total. The van der Waals surface area contributed by atoms with Gasteiger partial charge in [0, 0.05) is 30.4 Å². The minimum absolute atomic E-state index is 0.00515. The number of rotatable bonds is 7. The van der Waals surface area contributed by atoms with Crippen molar-refractivity contribution in [3.8, 4) is 0 Å². The van der Waals surface area contributed by atoms with Gasteiger partial charge in [0.05, 0.1) is 6.54 Å². The normalized spacial score (nSPS) is 10.3. The van der Waals surface area contributed by atoms with Gasteiger partial charge in [-0.15, -0.1) is 0 Å². The molecule has 0 aliphatic carbocycles. The van der Waals surface area contributed by atoms with E-state index in [0.717, 1.165) is 24.5 Å². The van der Waals surface area contributed by atoms with E-state index in [2.05, 4.69) is 29.4 Å². The van der Waals surface area contributed by atoms with Crippen LogP contribution in [0.4, 0.5) is 11.4 Å². The lowest BCUT2D eigenvalue weighted by molar-refractivity contribution is -0.126. The third-order valence-corrected chi connectivity index (χ3v) is 3.23. The maximum Gasteiger partial charge on any atom is 0.243 e. The standard InChI is InChI=1S/C16H25N3O2/c1-5-19(6-2)14-9-7-13(8-10-14)18-15(20)11-17-16(21)12(3)4/h7-10,12H,5-6,11H2,1-4H3,(H,17,21)(H,18,20). The summed E-state index contributed by atoms with van der Waals surface area (Å²) in [7, 11) is 0. The fourth-order valence-corrected chi connectivity index (χ4v) is 1.92. The van der Waals surface area contributed by atoms with Gasteiger partial charge in [0.1, 0.15) is 0 Å². The van der Waals surface area contributed by atoms with Crippen LogP contribution < -0.4 is 15.5 Å². The molecule has 0 fully saturated rings. The van der Waals surface area contributed by atoms with Crippen LogP contribution in [-0.4, -0.2) is 31.4 Å². The van der Waals surface area contributed by atoms with Crippen molar-refractivity contribution in [2.75, 3.05) is 29.9 Å². The Bertz CT molecular complexity index is 465. The highest BCUT2D eigenvalue weighted by atomic mass is 16.2. The molecule has 5 heteroatoms. The van der Waals surface area contributed by atoms with E-state index >= 15 is 0 Å². The van der Waals surface area contributed by atoms with Gasteiger partial charge in [-0.1, -0.05) is 13.8 Å². The van der Waals surface area contributed by atoms with Crippen molar-refractivity contribution in [1.29, 1.82) is 0 Å². The molecule has 0 saturated heterocycles. The third kappa shape index (κ3) is 5.45. The smallest absolute Gasteiger partial charge is 0.243 e. The molecule has 21 heavy (non-hydrogen) atoms. The van der Waals surface area contributed by atoms with Crippen molar-refractivity contribution in [3.05, 3.63) is 24.3 Å². The zero-order valence-corrected chi connectivity index (χ0v) is 13.3. The highest BCUT2D eigenvalue weighted by Crippen LogP contribution is 2.17. The molecule has 0 heterocycles. The summed E-state index contributed by atoms with van der Waals surface area (Å²) < 4.78 is 0. The molecule has 0 bridgehead atoms. The number of amides is 2. The lowest BCUT2D eigenvalue weighted by Crippen LogP contribution is -2.35. The molecule has 0 aromatic heterocycles. The number of anilines is 2. The molecule has 116 valence electrons. The van der Waals surface area contributed by atoms with Gasteiger partial charge in [-0.05, 0) is 38.1 Å². The van der Waals surface area contributed by atoms with Crippen molar-refractivity contribution < 1.29 is 9.59 Å². The van der Waals surface area contributed by atoms with Crippen molar-refractivity contribution in [2.24, 2.45) is 5.92 Å². The summed E-state index contributed by atoms with van der Waals surface area (Å²) >= 11 is 0. The van der Waals surface area contributed by atoms with E-state index in [1.165, 1.54) is 0 Å². The molecule has 0 unspecified atom stereocenters. The van der Waals surface area contributed by atoms with Crippen LogP contribution in [0.5, 0.6) is 0 Å². The van der Waals surface area contributed by atoms with Gasteiger partial charge in [-0.3, -0.25) is 9.59 Å². The van der Waals surface area contributed by atoms with E-state index in [9.17, 15) is 9.59 Å². The fourth-order valence-electron chi connectivity index (χ4n) is 1.92. The predicted octanol–water partition coefficient (Wildman–Crippen LogP) is 2.24. The highest BCUT2D eigenvalue weighted by Gasteiger charge is 2.09. The summed E-state index contributed by atoms with van der Waals surface area (Å²) in [5, 5.41) is 5.36. The van der Waals surface area contributed by atoms with Crippen LogP contribution in [0.25, 0.3) is 0 Å². The molecule has 0 aliphatic heterocycles. The van der Waals surface area contributed by atoms with Crippen molar-refractivity contribution in [1.82, 2.24) is 5.32 Å². The number of carbonyl (C=O) groups is 2. The summed E-state index contributed by atoms with van der Waals surface area (Å²) in [6, 6.07) is 7.70. The molecule has 0 spiro atoms. The minimum atomic E-state index is -0.223. The Kier molecular flexibility index (Phi) is 6.72. The number of hydrogen-bond acceptors (Lipinski definition) is 3. The van der Waals surface area contributed by atoms with E-state index in [4.69, 9.17) is 0 Å².